The largest absolute Gasteiger partial charge is 0.325 e. The molecule has 0 saturated carbocycles. The highest BCUT2D eigenvalue weighted by atomic mass is 32.2. The number of nitriles is 2. The van der Waals surface area contributed by atoms with E-state index in [0.717, 1.165) is 18.6 Å². The van der Waals surface area contributed by atoms with Crippen molar-refractivity contribution in [2.24, 2.45) is 0 Å². The average molecular weight is 271 g/mol. The zero-order chi connectivity index (χ0) is 13.9. The van der Waals surface area contributed by atoms with Gasteiger partial charge in [-0.15, -0.1) is 11.8 Å². The van der Waals surface area contributed by atoms with Crippen molar-refractivity contribution >= 4 is 23.4 Å². The normalized spacial score (nSPS) is 21.4. The van der Waals surface area contributed by atoms with Crippen molar-refractivity contribution in [2.45, 2.75) is 24.5 Å². The second kappa shape index (κ2) is 5.34. The Kier molecular flexibility index (Phi) is 3.78. The third-order valence-corrected chi connectivity index (χ3v) is 4.74. The highest BCUT2D eigenvalue weighted by molar-refractivity contribution is 8.01. The second-order valence-electron chi connectivity index (χ2n) is 4.62. The minimum atomic E-state index is -0.388. The first-order chi connectivity index (χ1) is 9.09. The molecule has 2 rings (SSSR count). The highest BCUT2D eigenvalue weighted by Gasteiger charge is 2.37. The Morgan fingerprint density at radius 3 is 2.68 bits per heavy atom. The van der Waals surface area contributed by atoms with Crippen LogP contribution in [0, 0.1) is 22.7 Å². The number of anilines is 1. The van der Waals surface area contributed by atoms with Gasteiger partial charge in [0, 0.05) is 5.69 Å². The number of carbonyl (C=O) groups excluding carboxylic acids is 1. The van der Waals surface area contributed by atoms with E-state index in [1.165, 1.54) is 0 Å². The number of hydrogen-bond donors (Lipinski definition) is 1. The van der Waals surface area contributed by atoms with Crippen LogP contribution in [0.25, 0.3) is 0 Å². The number of carbonyl (C=O) groups is 1. The topological polar surface area (TPSA) is 76.7 Å². The van der Waals surface area contributed by atoms with Crippen LogP contribution in [0.4, 0.5) is 5.69 Å². The fourth-order valence-electron chi connectivity index (χ4n) is 2.03. The van der Waals surface area contributed by atoms with Crippen molar-refractivity contribution in [3.05, 3.63) is 29.3 Å². The van der Waals surface area contributed by atoms with Crippen molar-refractivity contribution in [2.75, 3.05) is 11.1 Å². The van der Waals surface area contributed by atoms with E-state index in [2.05, 4.69) is 5.32 Å². The molecule has 1 heterocycles. The second-order valence-corrected chi connectivity index (χ2v) is 6.22. The number of nitrogens with one attached hydrogen (secondary N) is 1. The number of rotatable bonds is 2. The van der Waals surface area contributed by atoms with Crippen LogP contribution < -0.4 is 5.32 Å². The molecule has 4 nitrogen and oxygen atoms in total. The molecule has 5 heteroatoms. The quantitative estimate of drug-likeness (QED) is 0.897. The van der Waals surface area contributed by atoms with Crippen LogP contribution >= 0.6 is 11.8 Å². The van der Waals surface area contributed by atoms with E-state index in [-0.39, 0.29) is 16.2 Å². The van der Waals surface area contributed by atoms with E-state index in [4.69, 9.17) is 10.5 Å². The van der Waals surface area contributed by atoms with Gasteiger partial charge >= 0.3 is 0 Å². The first-order valence-corrected chi connectivity index (χ1v) is 6.97. The Bertz CT molecular complexity index is 592. The SMILES string of the molecule is CC1(C(=O)Nc2ccc(C#N)c(C#N)c2)CCCS1. The van der Waals surface area contributed by atoms with Crippen molar-refractivity contribution in [3.8, 4) is 12.1 Å². The summed E-state index contributed by atoms with van der Waals surface area (Å²) in [4.78, 5) is 12.2. The number of benzene rings is 1. The molecule has 1 aliphatic rings. The standard InChI is InChI=1S/C14H13N3OS/c1-14(5-2-6-19-14)13(18)17-12-4-3-10(8-15)11(7-12)9-16/h3-4,7H,2,5-6H2,1H3,(H,17,18). The summed E-state index contributed by atoms with van der Waals surface area (Å²) in [7, 11) is 0. The van der Waals surface area contributed by atoms with Crippen LogP contribution in [-0.4, -0.2) is 16.4 Å². The molecule has 0 radical (unpaired) electrons. The van der Waals surface area contributed by atoms with Gasteiger partial charge in [-0.3, -0.25) is 4.79 Å². The maximum atomic E-state index is 12.2. The van der Waals surface area contributed by atoms with Gasteiger partial charge in [0.25, 0.3) is 0 Å². The minimum Gasteiger partial charge on any atom is -0.325 e. The molecule has 1 N–H and O–H groups in total. The van der Waals surface area contributed by atoms with Gasteiger partial charge in [-0.25, -0.2) is 0 Å². The lowest BCUT2D eigenvalue weighted by Gasteiger charge is -2.21. The molecule has 1 amide bonds. The van der Waals surface area contributed by atoms with E-state index in [0.29, 0.717) is 11.3 Å². The summed E-state index contributed by atoms with van der Waals surface area (Å²) in [6.45, 7) is 1.94. The van der Waals surface area contributed by atoms with Crippen molar-refractivity contribution in [1.82, 2.24) is 0 Å². The first-order valence-electron chi connectivity index (χ1n) is 5.99. The van der Waals surface area contributed by atoms with Gasteiger partial charge in [-0.1, -0.05) is 0 Å². The van der Waals surface area contributed by atoms with Gasteiger partial charge in [0.2, 0.25) is 5.91 Å². The molecule has 1 atom stereocenters. The minimum absolute atomic E-state index is 0.0383. The molecule has 1 fully saturated rings. The fourth-order valence-corrected chi connectivity index (χ4v) is 3.24. The van der Waals surface area contributed by atoms with E-state index in [1.807, 2.05) is 19.1 Å². The van der Waals surface area contributed by atoms with Crippen LogP contribution in [-0.2, 0) is 4.79 Å². The van der Waals surface area contributed by atoms with Gasteiger partial charge in [-0.2, -0.15) is 10.5 Å². The third kappa shape index (κ3) is 2.72. The lowest BCUT2D eigenvalue weighted by molar-refractivity contribution is -0.118. The maximum absolute atomic E-state index is 12.2. The molecule has 1 aromatic rings. The zero-order valence-electron chi connectivity index (χ0n) is 10.6. The Hall–Kier alpha value is -1.98. The Balaban J connectivity index is 2.18. The Labute approximate surface area is 116 Å². The summed E-state index contributed by atoms with van der Waals surface area (Å²) >= 11 is 1.66. The summed E-state index contributed by atoms with van der Waals surface area (Å²) in [5, 5.41) is 20.6. The number of amides is 1. The third-order valence-electron chi connectivity index (χ3n) is 3.22. The van der Waals surface area contributed by atoms with E-state index in [9.17, 15) is 4.79 Å². The molecular formula is C14H13N3OS. The predicted octanol–water partition coefficient (Wildman–Crippen LogP) is 2.65. The molecule has 1 aromatic carbocycles. The van der Waals surface area contributed by atoms with Crippen molar-refractivity contribution in [3.63, 3.8) is 0 Å². The number of nitrogens with zero attached hydrogens (tertiary/aromatic N) is 2. The Morgan fingerprint density at radius 1 is 1.37 bits per heavy atom. The predicted molar refractivity (Wildman–Crippen MR) is 74.6 cm³/mol. The van der Waals surface area contributed by atoms with Gasteiger partial charge in [-0.05, 0) is 43.7 Å². The van der Waals surface area contributed by atoms with E-state index < -0.39 is 0 Å². The maximum Gasteiger partial charge on any atom is 0.240 e. The monoisotopic (exact) mass is 271 g/mol. The molecule has 1 saturated heterocycles. The summed E-state index contributed by atoms with van der Waals surface area (Å²) in [6.07, 6.45) is 1.91. The summed E-state index contributed by atoms with van der Waals surface area (Å²) in [6, 6.07) is 8.66. The van der Waals surface area contributed by atoms with E-state index in [1.54, 1.807) is 30.0 Å². The lowest BCUT2D eigenvalue weighted by atomic mass is 10.0. The summed E-state index contributed by atoms with van der Waals surface area (Å²) in [5.74, 6) is 0.962. The lowest BCUT2D eigenvalue weighted by Crippen LogP contribution is -2.34. The van der Waals surface area contributed by atoms with Crippen LogP contribution in [0.15, 0.2) is 18.2 Å². The first kappa shape index (κ1) is 13.5. The average Bonchev–Trinajstić information content (AvgIpc) is 2.87. The smallest absolute Gasteiger partial charge is 0.240 e. The van der Waals surface area contributed by atoms with Gasteiger partial charge in [0.15, 0.2) is 0 Å². The number of thioether (sulfide) groups is 1. The van der Waals surface area contributed by atoms with Crippen LogP contribution in [0.1, 0.15) is 30.9 Å². The molecule has 1 unspecified atom stereocenters. The molecule has 96 valence electrons. The van der Waals surface area contributed by atoms with Crippen molar-refractivity contribution < 1.29 is 4.79 Å². The van der Waals surface area contributed by atoms with E-state index >= 15 is 0 Å². The molecule has 0 spiro atoms. The molecular weight excluding hydrogens is 258 g/mol. The zero-order valence-corrected chi connectivity index (χ0v) is 11.4. The molecule has 1 aliphatic heterocycles. The van der Waals surface area contributed by atoms with Crippen LogP contribution in [0.5, 0.6) is 0 Å². The summed E-state index contributed by atoms with van der Waals surface area (Å²) in [5.41, 5.74) is 1.17. The molecule has 0 aliphatic carbocycles. The summed E-state index contributed by atoms with van der Waals surface area (Å²) < 4.78 is -0.388. The van der Waals surface area contributed by atoms with Crippen molar-refractivity contribution in [1.29, 1.82) is 10.5 Å². The molecule has 0 bridgehead atoms. The molecule has 0 aromatic heterocycles. The van der Waals surface area contributed by atoms with Crippen LogP contribution in [0.3, 0.4) is 0 Å². The van der Waals surface area contributed by atoms with Gasteiger partial charge in [0.05, 0.1) is 15.9 Å². The fraction of sp³-hybridized carbons (Fsp3) is 0.357. The Morgan fingerprint density at radius 2 is 2.11 bits per heavy atom. The van der Waals surface area contributed by atoms with Crippen LogP contribution in [0.2, 0.25) is 0 Å². The highest BCUT2D eigenvalue weighted by Crippen LogP contribution is 2.38. The van der Waals surface area contributed by atoms with Gasteiger partial charge in [0.1, 0.15) is 12.1 Å². The van der Waals surface area contributed by atoms with Gasteiger partial charge < -0.3 is 5.32 Å². The number of hydrogen-bond acceptors (Lipinski definition) is 4. The molecule has 19 heavy (non-hydrogen) atoms.